The van der Waals surface area contributed by atoms with Crippen molar-refractivity contribution in [1.29, 1.82) is 0 Å². The molecule has 3 rings (SSSR count). The van der Waals surface area contributed by atoms with Crippen LogP contribution in [0.15, 0.2) is 35.3 Å². The second-order valence-corrected chi connectivity index (χ2v) is 8.31. The number of piperidine rings is 1. The molecule has 2 aromatic rings. The van der Waals surface area contributed by atoms with E-state index in [1.54, 1.807) is 7.05 Å². The molecule has 2 N–H and O–H groups in total. The fourth-order valence-corrected chi connectivity index (χ4v) is 4.07. The van der Waals surface area contributed by atoms with E-state index in [0.717, 1.165) is 70.2 Å². The van der Waals surface area contributed by atoms with E-state index in [-0.39, 0.29) is 24.0 Å². The van der Waals surface area contributed by atoms with Gasteiger partial charge in [0, 0.05) is 64.7 Å². The predicted octanol–water partition coefficient (Wildman–Crippen LogP) is 3.39. The highest BCUT2D eigenvalue weighted by Crippen LogP contribution is 2.16. The molecule has 178 valence electrons. The lowest BCUT2D eigenvalue weighted by Gasteiger charge is -2.32. The van der Waals surface area contributed by atoms with Crippen molar-refractivity contribution in [2.24, 2.45) is 12.0 Å². The smallest absolute Gasteiger partial charge is 0.191 e. The quantitative estimate of drug-likeness (QED) is 0.215. The minimum absolute atomic E-state index is 0. The Hall–Kier alpha value is -1.65. The van der Waals surface area contributed by atoms with Crippen LogP contribution < -0.4 is 10.6 Å². The Kier molecular flexibility index (Phi) is 11.5. The normalized spacial score (nSPS) is 15.4. The van der Waals surface area contributed by atoms with E-state index in [4.69, 9.17) is 4.74 Å². The largest absolute Gasteiger partial charge is 0.378 e. The van der Waals surface area contributed by atoms with Gasteiger partial charge in [0.05, 0.1) is 11.8 Å². The van der Waals surface area contributed by atoms with E-state index >= 15 is 0 Å². The highest BCUT2D eigenvalue weighted by atomic mass is 127. The minimum atomic E-state index is 0. The molecule has 0 unspecified atom stereocenters. The molecule has 1 aromatic heterocycles. The summed E-state index contributed by atoms with van der Waals surface area (Å²) in [6.07, 6.45) is 3.59. The number of guanidine groups is 1. The summed E-state index contributed by atoms with van der Waals surface area (Å²) in [4.78, 5) is 6.85. The zero-order valence-corrected chi connectivity index (χ0v) is 22.3. The first kappa shape index (κ1) is 26.6. The van der Waals surface area contributed by atoms with Gasteiger partial charge >= 0.3 is 0 Å². The van der Waals surface area contributed by atoms with Gasteiger partial charge in [0.1, 0.15) is 0 Å². The number of hydrogen-bond acceptors (Lipinski definition) is 4. The van der Waals surface area contributed by atoms with Gasteiger partial charge in [-0.25, -0.2) is 0 Å². The molecule has 7 nitrogen and oxygen atoms in total. The number of nitrogens with zero attached hydrogens (tertiary/aromatic N) is 4. The summed E-state index contributed by atoms with van der Waals surface area (Å²) < 4.78 is 8.05. The molecule has 0 atom stereocenters. The van der Waals surface area contributed by atoms with Crippen molar-refractivity contribution in [2.75, 3.05) is 33.3 Å². The summed E-state index contributed by atoms with van der Waals surface area (Å²) in [6, 6.07) is 10.7. The second kappa shape index (κ2) is 13.8. The Bertz CT molecular complexity index is 831. The van der Waals surface area contributed by atoms with E-state index in [1.807, 2.05) is 18.7 Å². The lowest BCUT2D eigenvalue weighted by atomic mass is 10.1. The minimum Gasteiger partial charge on any atom is -0.378 e. The van der Waals surface area contributed by atoms with Gasteiger partial charge in [-0.1, -0.05) is 30.3 Å². The summed E-state index contributed by atoms with van der Waals surface area (Å²) in [5, 5.41) is 11.2. The van der Waals surface area contributed by atoms with Crippen LogP contribution in [0, 0.1) is 13.8 Å². The Balaban J connectivity index is 0.00000363. The van der Waals surface area contributed by atoms with Crippen LogP contribution in [0.4, 0.5) is 0 Å². The molecule has 0 bridgehead atoms. The van der Waals surface area contributed by atoms with Crippen LogP contribution in [0.2, 0.25) is 0 Å². The Morgan fingerprint density at radius 2 is 1.88 bits per heavy atom. The molecule has 0 spiro atoms. The number of likely N-dealkylation sites (tertiary alicyclic amines) is 1. The molecule has 0 aliphatic carbocycles. The lowest BCUT2D eigenvalue weighted by Crippen LogP contribution is -2.38. The Morgan fingerprint density at radius 1 is 1.16 bits per heavy atom. The SMILES string of the molecule is CN=C(NCCCOC1CCN(Cc2ccccc2)CC1)NCc1c(C)nn(C)c1C.I. The number of aliphatic imine (C=N–C) groups is 1. The maximum absolute atomic E-state index is 6.12. The van der Waals surface area contributed by atoms with Crippen molar-refractivity contribution < 1.29 is 4.74 Å². The van der Waals surface area contributed by atoms with Gasteiger partial charge in [-0.15, -0.1) is 24.0 Å². The molecule has 1 saturated heterocycles. The molecular weight excluding hydrogens is 515 g/mol. The molecule has 0 radical (unpaired) electrons. The first-order chi connectivity index (χ1) is 15.1. The van der Waals surface area contributed by atoms with Gasteiger partial charge in [-0.05, 0) is 38.7 Å². The maximum Gasteiger partial charge on any atom is 0.191 e. The average Bonchev–Trinajstić information content (AvgIpc) is 3.03. The fourth-order valence-electron chi connectivity index (χ4n) is 4.07. The van der Waals surface area contributed by atoms with Crippen molar-refractivity contribution in [3.05, 3.63) is 52.8 Å². The summed E-state index contributed by atoms with van der Waals surface area (Å²) in [5.41, 5.74) is 4.87. The van der Waals surface area contributed by atoms with E-state index in [2.05, 4.69) is 62.9 Å². The summed E-state index contributed by atoms with van der Waals surface area (Å²) in [7, 11) is 3.78. The Morgan fingerprint density at radius 3 is 2.50 bits per heavy atom. The summed E-state index contributed by atoms with van der Waals surface area (Å²) >= 11 is 0. The zero-order chi connectivity index (χ0) is 22.1. The van der Waals surface area contributed by atoms with Crippen LogP contribution in [0.5, 0.6) is 0 Å². The number of ether oxygens (including phenoxy) is 1. The first-order valence-electron chi connectivity index (χ1n) is 11.4. The summed E-state index contributed by atoms with van der Waals surface area (Å²) in [5.74, 6) is 0.817. The van der Waals surface area contributed by atoms with Crippen LogP contribution in [0.1, 0.15) is 41.8 Å². The van der Waals surface area contributed by atoms with Crippen LogP contribution in [-0.2, 0) is 24.9 Å². The van der Waals surface area contributed by atoms with Crippen molar-refractivity contribution in [3.63, 3.8) is 0 Å². The van der Waals surface area contributed by atoms with Crippen molar-refractivity contribution in [3.8, 4) is 0 Å². The zero-order valence-electron chi connectivity index (χ0n) is 19.9. The molecule has 0 amide bonds. The molecule has 1 aliphatic rings. The van der Waals surface area contributed by atoms with Crippen LogP contribution >= 0.6 is 24.0 Å². The topological polar surface area (TPSA) is 66.7 Å². The average molecular weight is 555 g/mol. The van der Waals surface area contributed by atoms with Crippen molar-refractivity contribution >= 4 is 29.9 Å². The molecule has 8 heteroatoms. The number of nitrogens with one attached hydrogen (secondary N) is 2. The van der Waals surface area contributed by atoms with Crippen LogP contribution in [-0.4, -0.2) is 60.0 Å². The summed E-state index contributed by atoms with van der Waals surface area (Å²) in [6.45, 7) is 9.76. The van der Waals surface area contributed by atoms with Crippen LogP contribution in [0.25, 0.3) is 0 Å². The van der Waals surface area contributed by atoms with Crippen LogP contribution in [0.3, 0.4) is 0 Å². The van der Waals surface area contributed by atoms with E-state index < -0.39 is 0 Å². The monoisotopic (exact) mass is 554 g/mol. The maximum atomic E-state index is 6.12. The molecular formula is C24H39IN6O. The van der Waals surface area contributed by atoms with Gasteiger partial charge in [-0.3, -0.25) is 14.6 Å². The Labute approximate surface area is 210 Å². The molecule has 0 saturated carbocycles. The third kappa shape index (κ3) is 8.04. The molecule has 32 heavy (non-hydrogen) atoms. The second-order valence-electron chi connectivity index (χ2n) is 8.31. The first-order valence-corrected chi connectivity index (χ1v) is 11.4. The molecule has 1 aliphatic heterocycles. The third-order valence-corrected chi connectivity index (χ3v) is 6.07. The standard InChI is InChI=1S/C24H38N6O.HI/c1-19-23(20(2)29(4)28-19)17-27-24(25-3)26-13-8-16-31-22-11-14-30(15-12-22)18-21-9-6-5-7-10-21;/h5-7,9-10,22H,8,11-18H2,1-4H3,(H2,25,26,27);1H. The third-order valence-electron chi connectivity index (χ3n) is 6.07. The molecule has 1 aromatic carbocycles. The number of rotatable bonds is 9. The van der Waals surface area contributed by atoms with E-state index in [9.17, 15) is 0 Å². The number of aryl methyl sites for hydroxylation is 2. The molecule has 1 fully saturated rings. The lowest BCUT2D eigenvalue weighted by molar-refractivity contribution is 0.00534. The highest BCUT2D eigenvalue weighted by Gasteiger charge is 2.19. The van der Waals surface area contributed by atoms with Gasteiger partial charge in [0.25, 0.3) is 0 Å². The predicted molar refractivity (Wildman–Crippen MR) is 142 cm³/mol. The highest BCUT2D eigenvalue weighted by molar-refractivity contribution is 14.0. The van der Waals surface area contributed by atoms with Gasteiger partial charge in [-0.2, -0.15) is 5.10 Å². The number of halogens is 1. The van der Waals surface area contributed by atoms with Gasteiger partial charge < -0.3 is 15.4 Å². The number of benzene rings is 1. The van der Waals surface area contributed by atoms with Gasteiger partial charge in [0.15, 0.2) is 5.96 Å². The van der Waals surface area contributed by atoms with Crippen molar-refractivity contribution in [2.45, 2.75) is 52.3 Å². The van der Waals surface area contributed by atoms with Crippen molar-refractivity contribution in [1.82, 2.24) is 25.3 Å². The number of aromatic nitrogens is 2. The molecule has 2 heterocycles. The fraction of sp³-hybridized carbons (Fsp3) is 0.583. The van der Waals surface area contributed by atoms with E-state index in [0.29, 0.717) is 6.10 Å². The number of hydrogen-bond donors (Lipinski definition) is 2. The van der Waals surface area contributed by atoms with Gasteiger partial charge in [0.2, 0.25) is 0 Å². The van der Waals surface area contributed by atoms with E-state index in [1.165, 1.54) is 16.8 Å².